The second-order valence-corrected chi connectivity index (χ2v) is 8.47. The zero-order valence-electron chi connectivity index (χ0n) is 17.4. The molecule has 0 saturated heterocycles. The summed E-state index contributed by atoms with van der Waals surface area (Å²) in [5.41, 5.74) is 2.35. The fourth-order valence-corrected chi connectivity index (χ4v) is 4.65. The summed E-state index contributed by atoms with van der Waals surface area (Å²) in [7, 11) is 0. The van der Waals surface area contributed by atoms with Crippen LogP contribution in [0.25, 0.3) is 15.9 Å². The van der Waals surface area contributed by atoms with Crippen LogP contribution < -0.4 is 26.0 Å². The number of hydrogen-bond acceptors (Lipinski definition) is 6. The molecule has 0 spiro atoms. The van der Waals surface area contributed by atoms with Gasteiger partial charge >= 0.3 is 5.69 Å². The Morgan fingerprint density at radius 3 is 2.69 bits per heavy atom. The Hall–Kier alpha value is -3.85. The third kappa shape index (κ3) is 3.36. The molecule has 162 valence electrons. The lowest BCUT2D eigenvalue weighted by Crippen LogP contribution is -2.40. The van der Waals surface area contributed by atoms with Crippen molar-refractivity contribution in [2.24, 2.45) is 0 Å². The van der Waals surface area contributed by atoms with Gasteiger partial charge in [0.25, 0.3) is 5.56 Å². The highest BCUT2D eigenvalue weighted by Crippen LogP contribution is 2.34. The molecule has 1 amide bonds. The van der Waals surface area contributed by atoms with E-state index in [4.69, 9.17) is 9.47 Å². The Bertz CT molecular complexity index is 1500. The van der Waals surface area contributed by atoms with E-state index in [2.05, 4.69) is 5.32 Å². The summed E-state index contributed by atoms with van der Waals surface area (Å²) >= 11 is 1.24. The zero-order chi connectivity index (χ0) is 22.4. The predicted molar refractivity (Wildman–Crippen MR) is 122 cm³/mol. The van der Waals surface area contributed by atoms with Crippen molar-refractivity contribution in [3.63, 3.8) is 0 Å². The molecular weight excluding hydrogens is 430 g/mol. The predicted octanol–water partition coefficient (Wildman–Crippen LogP) is 3.20. The fraction of sp³-hybridized carbons (Fsp3) is 0.174. The summed E-state index contributed by atoms with van der Waals surface area (Å²) in [6.07, 6.45) is 0. The van der Waals surface area contributed by atoms with Crippen molar-refractivity contribution in [3.8, 4) is 17.2 Å². The summed E-state index contributed by atoms with van der Waals surface area (Å²) in [5, 5.41) is 4.52. The van der Waals surface area contributed by atoms with Gasteiger partial charge in [0.15, 0.2) is 11.5 Å². The number of anilines is 1. The molecule has 0 atom stereocenters. The maximum Gasteiger partial charge on any atom is 0.336 e. The number of benzene rings is 2. The highest BCUT2D eigenvalue weighted by atomic mass is 32.1. The van der Waals surface area contributed by atoms with Crippen LogP contribution >= 0.6 is 11.3 Å². The fourth-order valence-electron chi connectivity index (χ4n) is 3.83. The largest absolute Gasteiger partial charge is 0.454 e. The molecule has 1 N–H and O–H groups in total. The molecule has 0 radical (unpaired) electrons. The molecule has 4 aromatic rings. The number of nitrogens with one attached hydrogen (secondary N) is 1. The lowest BCUT2D eigenvalue weighted by atomic mass is 10.1. The van der Waals surface area contributed by atoms with Crippen LogP contribution in [0.4, 0.5) is 5.69 Å². The molecule has 0 bridgehead atoms. The SMILES string of the molecule is Cc1ccc(-n2c(=O)c3sccc3n(CC(=O)Nc3ccc4c(c3)OCO4)c2=O)c(C)c1. The average Bonchev–Trinajstić information content (AvgIpc) is 3.42. The second-order valence-electron chi connectivity index (χ2n) is 7.55. The van der Waals surface area contributed by atoms with Crippen LogP contribution in [0.5, 0.6) is 11.5 Å². The molecule has 5 rings (SSSR count). The van der Waals surface area contributed by atoms with Crippen molar-refractivity contribution in [2.75, 3.05) is 12.1 Å². The molecule has 9 heteroatoms. The van der Waals surface area contributed by atoms with Gasteiger partial charge in [0.1, 0.15) is 11.2 Å². The smallest absolute Gasteiger partial charge is 0.336 e. The van der Waals surface area contributed by atoms with Gasteiger partial charge in [0, 0.05) is 11.8 Å². The third-order valence-corrected chi connectivity index (χ3v) is 6.20. The quantitative estimate of drug-likeness (QED) is 0.517. The van der Waals surface area contributed by atoms with Crippen molar-refractivity contribution in [3.05, 3.63) is 79.8 Å². The summed E-state index contributed by atoms with van der Waals surface area (Å²) in [6, 6.07) is 12.3. The highest BCUT2D eigenvalue weighted by Gasteiger charge is 2.19. The van der Waals surface area contributed by atoms with E-state index >= 15 is 0 Å². The van der Waals surface area contributed by atoms with Gasteiger partial charge in [0.05, 0.1) is 11.2 Å². The molecule has 32 heavy (non-hydrogen) atoms. The van der Waals surface area contributed by atoms with Crippen molar-refractivity contribution >= 4 is 33.1 Å². The first-order valence-electron chi connectivity index (χ1n) is 9.92. The topological polar surface area (TPSA) is 91.6 Å². The molecule has 3 heterocycles. The van der Waals surface area contributed by atoms with Gasteiger partial charge in [-0.05, 0) is 49.1 Å². The summed E-state index contributed by atoms with van der Waals surface area (Å²) in [4.78, 5) is 39.3. The van der Waals surface area contributed by atoms with Gasteiger partial charge in [-0.1, -0.05) is 17.7 Å². The number of hydrogen-bond donors (Lipinski definition) is 1. The summed E-state index contributed by atoms with van der Waals surface area (Å²) in [6.45, 7) is 3.69. The lowest BCUT2D eigenvalue weighted by Gasteiger charge is -2.14. The van der Waals surface area contributed by atoms with E-state index < -0.39 is 11.6 Å². The van der Waals surface area contributed by atoms with Gasteiger partial charge in [-0.15, -0.1) is 11.3 Å². The number of carbonyl (C=O) groups excluding carboxylic acids is 1. The number of nitrogens with zero attached hydrogens (tertiary/aromatic N) is 2. The number of aryl methyl sites for hydroxylation is 2. The number of ether oxygens (including phenoxy) is 2. The molecule has 2 aromatic carbocycles. The van der Waals surface area contributed by atoms with Crippen LogP contribution in [-0.4, -0.2) is 21.8 Å². The van der Waals surface area contributed by atoms with Crippen LogP contribution in [0.3, 0.4) is 0 Å². The van der Waals surface area contributed by atoms with Gasteiger partial charge in [0.2, 0.25) is 12.7 Å². The van der Waals surface area contributed by atoms with E-state index in [-0.39, 0.29) is 18.9 Å². The Morgan fingerprint density at radius 1 is 1.06 bits per heavy atom. The van der Waals surface area contributed by atoms with Gasteiger partial charge < -0.3 is 14.8 Å². The molecule has 0 saturated carbocycles. The summed E-state index contributed by atoms with van der Waals surface area (Å²) in [5.74, 6) is 0.757. The van der Waals surface area contributed by atoms with Crippen molar-refractivity contribution in [2.45, 2.75) is 20.4 Å². The van der Waals surface area contributed by atoms with Gasteiger partial charge in [-0.3, -0.25) is 14.2 Å². The molecule has 2 aromatic heterocycles. The van der Waals surface area contributed by atoms with Crippen LogP contribution in [0.2, 0.25) is 0 Å². The van der Waals surface area contributed by atoms with Crippen molar-refractivity contribution in [1.29, 1.82) is 0 Å². The highest BCUT2D eigenvalue weighted by molar-refractivity contribution is 7.17. The van der Waals surface area contributed by atoms with E-state index in [1.54, 1.807) is 35.7 Å². The molecule has 0 fully saturated rings. The van der Waals surface area contributed by atoms with E-state index in [0.717, 1.165) is 15.7 Å². The van der Waals surface area contributed by atoms with Crippen molar-refractivity contribution in [1.82, 2.24) is 9.13 Å². The van der Waals surface area contributed by atoms with E-state index in [1.165, 1.54) is 15.9 Å². The minimum Gasteiger partial charge on any atom is -0.454 e. The first-order chi connectivity index (χ1) is 15.4. The normalized spacial score (nSPS) is 12.3. The summed E-state index contributed by atoms with van der Waals surface area (Å²) < 4.78 is 13.5. The molecule has 0 unspecified atom stereocenters. The van der Waals surface area contributed by atoms with E-state index in [1.807, 2.05) is 26.0 Å². The molecular formula is C23H19N3O5S. The number of rotatable bonds is 4. The Kier molecular flexibility index (Phi) is 4.82. The third-order valence-electron chi connectivity index (χ3n) is 5.31. The molecule has 8 nitrogen and oxygen atoms in total. The number of aromatic nitrogens is 2. The van der Waals surface area contributed by atoms with E-state index in [0.29, 0.717) is 33.1 Å². The van der Waals surface area contributed by atoms with Crippen LogP contribution in [0.1, 0.15) is 11.1 Å². The van der Waals surface area contributed by atoms with Crippen LogP contribution in [-0.2, 0) is 11.3 Å². The lowest BCUT2D eigenvalue weighted by molar-refractivity contribution is -0.116. The minimum absolute atomic E-state index is 0.137. The first kappa shape index (κ1) is 20.1. The zero-order valence-corrected chi connectivity index (χ0v) is 18.2. The van der Waals surface area contributed by atoms with Gasteiger partial charge in [-0.25, -0.2) is 9.36 Å². The molecule has 0 aliphatic carbocycles. The van der Waals surface area contributed by atoms with Crippen LogP contribution in [0.15, 0.2) is 57.4 Å². The Balaban J connectivity index is 1.55. The number of amides is 1. The Morgan fingerprint density at radius 2 is 1.88 bits per heavy atom. The number of carbonyl (C=O) groups is 1. The maximum absolute atomic E-state index is 13.4. The minimum atomic E-state index is -0.561. The maximum atomic E-state index is 13.4. The van der Waals surface area contributed by atoms with Gasteiger partial charge in [-0.2, -0.15) is 0 Å². The Labute approximate surface area is 186 Å². The van der Waals surface area contributed by atoms with E-state index in [9.17, 15) is 14.4 Å². The average molecular weight is 449 g/mol. The van der Waals surface area contributed by atoms with Crippen LogP contribution in [0, 0.1) is 13.8 Å². The molecule has 1 aliphatic rings. The van der Waals surface area contributed by atoms with Crippen molar-refractivity contribution < 1.29 is 14.3 Å². The number of fused-ring (bicyclic) bond motifs is 2. The standard InChI is InChI=1S/C23H19N3O5S/c1-13-3-5-16(14(2)9-13)26-22(28)21-17(7-8-32-21)25(23(26)29)11-20(27)24-15-4-6-18-19(10-15)31-12-30-18/h3-10H,11-12H2,1-2H3,(H,24,27). The monoisotopic (exact) mass is 449 g/mol. The molecule has 1 aliphatic heterocycles. The first-order valence-corrected chi connectivity index (χ1v) is 10.8. The number of thiophene rings is 1. The second kappa shape index (κ2) is 7.69.